The molecule has 2 aromatic rings. The van der Waals surface area contributed by atoms with Gasteiger partial charge in [-0.1, -0.05) is 31.0 Å². The molecule has 0 atom stereocenters. The molecule has 0 aliphatic rings. The summed E-state index contributed by atoms with van der Waals surface area (Å²) >= 11 is 7.44. The number of carbonyl (C=O) groups excluding carboxylic acids is 1. The van der Waals surface area contributed by atoms with Gasteiger partial charge in [0.25, 0.3) is 5.91 Å². The van der Waals surface area contributed by atoms with Gasteiger partial charge in [-0.15, -0.1) is 11.3 Å². The van der Waals surface area contributed by atoms with Crippen molar-refractivity contribution in [3.8, 4) is 0 Å². The van der Waals surface area contributed by atoms with E-state index in [1.54, 1.807) is 23.5 Å². The zero-order chi connectivity index (χ0) is 13.8. The first-order chi connectivity index (χ1) is 9.10. The maximum atomic E-state index is 12.2. The van der Waals surface area contributed by atoms with Crippen molar-refractivity contribution in [2.75, 3.05) is 5.32 Å². The van der Waals surface area contributed by atoms with E-state index in [-0.39, 0.29) is 5.91 Å². The van der Waals surface area contributed by atoms with Crippen LogP contribution in [-0.2, 0) is 6.42 Å². The molecule has 0 unspecified atom stereocenters. The Morgan fingerprint density at radius 1 is 1.37 bits per heavy atom. The van der Waals surface area contributed by atoms with Gasteiger partial charge in [-0.25, -0.2) is 0 Å². The SMILES string of the molecule is CCCc1cc(C(=O)Nc2cccc(Cl)c2)sc1C. The Labute approximate surface area is 122 Å². The molecule has 4 heteroatoms. The van der Waals surface area contributed by atoms with E-state index in [1.165, 1.54) is 10.4 Å². The van der Waals surface area contributed by atoms with Gasteiger partial charge in [0.2, 0.25) is 0 Å². The van der Waals surface area contributed by atoms with E-state index in [2.05, 4.69) is 19.2 Å². The monoisotopic (exact) mass is 293 g/mol. The highest BCUT2D eigenvalue weighted by molar-refractivity contribution is 7.14. The Kier molecular flexibility index (Phi) is 4.61. The first kappa shape index (κ1) is 14.1. The molecule has 0 saturated heterocycles. The summed E-state index contributed by atoms with van der Waals surface area (Å²) in [6, 6.07) is 9.17. The Morgan fingerprint density at radius 3 is 2.84 bits per heavy atom. The quantitative estimate of drug-likeness (QED) is 0.852. The summed E-state index contributed by atoms with van der Waals surface area (Å²) in [5.74, 6) is -0.0716. The zero-order valence-corrected chi connectivity index (χ0v) is 12.6. The maximum Gasteiger partial charge on any atom is 0.265 e. The Morgan fingerprint density at radius 2 is 2.16 bits per heavy atom. The molecule has 0 aliphatic carbocycles. The highest BCUT2D eigenvalue weighted by Crippen LogP contribution is 2.24. The molecule has 0 fully saturated rings. The third kappa shape index (κ3) is 3.58. The van der Waals surface area contributed by atoms with Gasteiger partial charge in [0.15, 0.2) is 0 Å². The van der Waals surface area contributed by atoms with Gasteiger partial charge in [0, 0.05) is 15.6 Å². The van der Waals surface area contributed by atoms with E-state index >= 15 is 0 Å². The minimum atomic E-state index is -0.0716. The number of anilines is 1. The Balaban J connectivity index is 2.14. The van der Waals surface area contributed by atoms with Gasteiger partial charge in [-0.3, -0.25) is 4.79 Å². The molecule has 0 saturated carbocycles. The van der Waals surface area contributed by atoms with Gasteiger partial charge in [-0.2, -0.15) is 0 Å². The third-order valence-corrected chi connectivity index (χ3v) is 4.17. The largest absolute Gasteiger partial charge is 0.321 e. The number of halogens is 1. The minimum Gasteiger partial charge on any atom is -0.321 e. The average molecular weight is 294 g/mol. The fourth-order valence-corrected chi connectivity index (χ4v) is 3.07. The topological polar surface area (TPSA) is 29.1 Å². The molecule has 1 N–H and O–H groups in total. The number of carbonyl (C=O) groups is 1. The van der Waals surface area contributed by atoms with E-state index in [4.69, 9.17) is 11.6 Å². The summed E-state index contributed by atoms with van der Waals surface area (Å²) in [5, 5.41) is 3.49. The number of nitrogens with one attached hydrogen (secondary N) is 1. The van der Waals surface area contributed by atoms with Gasteiger partial charge in [0.1, 0.15) is 0 Å². The van der Waals surface area contributed by atoms with Gasteiger partial charge in [-0.05, 0) is 43.2 Å². The fourth-order valence-electron chi connectivity index (χ4n) is 1.91. The van der Waals surface area contributed by atoms with Crippen LogP contribution >= 0.6 is 22.9 Å². The van der Waals surface area contributed by atoms with Gasteiger partial charge < -0.3 is 5.32 Å². The molecule has 1 amide bonds. The first-order valence-corrected chi connectivity index (χ1v) is 7.46. The molecule has 0 spiro atoms. The molecular weight excluding hydrogens is 278 g/mol. The van der Waals surface area contributed by atoms with Crippen molar-refractivity contribution in [3.63, 3.8) is 0 Å². The smallest absolute Gasteiger partial charge is 0.265 e. The zero-order valence-electron chi connectivity index (χ0n) is 11.0. The summed E-state index contributed by atoms with van der Waals surface area (Å²) in [6.45, 7) is 4.20. The fraction of sp³-hybridized carbons (Fsp3) is 0.267. The van der Waals surface area contributed by atoms with Crippen LogP contribution in [0.25, 0.3) is 0 Å². The molecule has 1 aromatic heterocycles. The summed E-state index contributed by atoms with van der Waals surface area (Å²) in [4.78, 5) is 14.1. The predicted octanol–water partition coefficient (Wildman–Crippen LogP) is 4.91. The van der Waals surface area contributed by atoms with Crippen LogP contribution in [0.5, 0.6) is 0 Å². The minimum absolute atomic E-state index is 0.0716. The number of hydrogen-bond donors (Lipinski definition) is 1. The predicted molar refractivity (Wildman–Crippen MR) is 82.5 cm³/mol. The van der Waals surface area contributed by atoms with E-state index < -0.39 is 0 Å². The second-order valence-corrected chi connectivity index (χ2v) is 6.10. The van der Waals surface area contributed by atoms with Crippen molar-refractivity contribution in [2.45, 2.75) is 26.7 Å². The lowest BCUT2D eigenvalue weighted by Gasteiger charge is -2.03. The Hall–Kier alpha value is -1.32. The van der Waals surface area contributed by atoms with Crippen LogP contribution in [0.3, 0.4) is 0 Å². The standard InChI is InChI=1S/C15H16ClNOS/c1-3-5-11-8-14(19-10(11)2)15(18)17-13-7-4-6-12(16)9-13/h4,6-9H,3,5H2,1-2H3,(H,17,18). The van der Waals surface area contributed by atoms with Crippen LogP contribution in [0, 0.1) is 6.92 Å². The van der Waals surface area contributed by atoms with Crippen molar-refractivity contribution in [3.05, 3.63) is 50.7 Å². The Bertz CT molecular complexity index is 592. The van der Waals surface area contributed by atoms with Crippen LogP contribution in [0.4, 0.5) is 5.69 Å². The molecule has 1 heterocycles. The van der Waals surface area contributed by atoms with Gasteiger partial charge >= 0.3 is 0 Å². The highest BCUT2D eigenvalue weighted by atomic mass is 35.5. The van der Waals surface area contributed by atoms with Crippen LogP contribution in [0.1, 0.15) is 33.5 Å². The molecule has 100 valence electrons. The number of benzene rings is 1. The summed E-state index contributed by atoms with van der Waals surface area (Å²) < 4.78 is 0. The number of amides is 1. The molecule has 1 aromatic carbocycles. The summed E-state index contributed by atoms with van der Waals surface area (Å²) in [5.41, 5.74) is 1.99. The summed E-state index contributed by atoms with van der Waals surface area (Å²) in [7, 11) is 0. The average Bonchev–Trinajstić information content (AvgIpc) is 2.72. The number of rotatable bonds is 4. The van der Waals surface area contributed by atoms with E-state index in [9.17, 15) is 4.79 Å². The lowest BCUT2D eigenvalue weighted by molar-refractivity contribution is 0.103. The van der Waals surface area contributed by atoms with Crippen LogP contribution < -0.4 is 5.32 Å². The second kappa shape index (κ2) is 6.22. The van der Waals surface area contributed by atoms with Crippen LogP contribution in [0.15, 0.2) is 30.3 Å². The lowest BCUT2D eigenvalue weighted by Crippen LogP contribution is -2.09. The van der Waals surface area contributed by atoms with Crippen LogP contribution in [-0.4, -0.2) is 5.91 Å². The molecule has 2 rings (SSSR count). The molecule has 0 aliphatic heterocycles. The number of thiophene rings is 1. The van der Waals surface area contributed by atoms with Crippen molar-refractivity contribution in [2.24, 2.45) is 0 Å². The van der Waals surface area contributed by atoms with Crippen LogP contribution in [0.2, 0.25) is 5.02 Å². The molecule has 2 nitrogen and oxygen atoms in total. The van der Waals surface area contributed by atoms with Gasteiger partial charge in [0.05, 0.1) is 4.88 Å². The van der Waals surface area contributed by atoms with E-state index in [1.807, 2.05) is 18.2 Å². The van der Waals surface area contributed by atoms with E-state index in [0.717, 1.165) is 23.4 Å². The normalized spacial score (nSPS) is 10.5. The van der Waals surface area contributed by atoms with E-state index in [0.29, 0.717) is 5.02 Å². The lowest BCUT2D eigenvalue weighted by atomic mass is 10.1. The molecule has 0 bridgehead atoms. The number of hydrogen-bond acceptors (Lipinski definition) is 2. The maximum absolute atomic E-state index is 12.2. The molecule has 0 radical (unpaired) electrons. The van der Waals surface area contributed by atoms with Crippen molar-refractivity contribution >= 4 is 34.5 Å². The number of aryl methyl sites for hydroxylation is 2. The third-order valence-electron chi connectivity index (χ3n) is 2.85. The summed E-state index contributed by atoms with van der Waals surface area (Å²) in [6.07, 6.45) is 2.11. The molecule has 19 heavy (non-hydrogen) atoms. The van der Waals surface area contributed by atoms with Crippen molar-refractivity contribution in [1.82, 2.24) is 0 Å². The second-order valence-electron chi connectivity index (χ2n) is 4.41. The highest BCUT2D eigenvalue weighted by Gasteiger charge is 2.12. The first-order valence-electron chi connectivity index (χ1n) is 6.26. The van der Waals surface area contributed by atoms with Crippen molar-refractivity contribution < 1.29 is 4.79 Å². The van der Waals surface area contributed by atoms with Crippen molar-refractivity contribution in [1.29, 1.82) is 0 Å². The molecular formula is C15H16ClNOS.